The number of fused-ring (bicyclic) bond motifs is 1. The van der Waals surface area contributed by atoms with Gasteiger partial charge in [-0.05, 0) is 37.0 Å². The number of imidazole rings is 1. The van der Waals surface area contributed by atoms with Gasteiger partial charge in [0.05, 0.1) is 18.2 Å². The summed E-state index contributed by atoms with van der Waals surface area (Å²) in [5, 5.41) is 12.9. The second-order valence-electron chi connectivity index (χ2n) is 7.90. The lowest BCUT2D eigenvalue weighted by atomic mass is 10.1. The normalized spacial score (nSPS) is 19.3. The number of anilines is 1. The molecule has 0 aliphatic heterocycles. The number of nitrogens with zero attached hydrogens (tertiary/aromatic N) is 4. The van der Waals surface area contributed by atoms with E-state index in [9.17, 15) is 27.9 Å². The first kappa shape index (κ1) is 21.2. The molecule has 31 heavy (non-hydrogen) atoms. The van der Waals surface area contributed by atoms with Gasteiger partial charge in [0.2, 0.25) is 5.95 Å². The number of hydrogen-bond donors (Lipinski definition) is 2. The average Bonchev–Trinajstić information content (AvgIpc) is 3.26. The third-order valence-corrected chi connectivity index (χ3v) is 5.72. The fourth-order valence-electron chi connectivity index (χ4n) is 3.97. The second kappa shape index (κ2) is 7.56. The van der Waals surface area contributed by atoms with Gasteiger partial charge < -0.3 is 15.0 Å². The van der Waals surface area contributed by atoms with Crippen LogP contribution in [0.15, 0.2) is 33.9 Å². The maximum absolute atomic E-state index is 13.1. The molecular weight excluding hydrogens is 415 g/mol. The predicted octanol–water partition coefficient (Wildman–Crippen LogP) is 1.83. The molecule has 8 nitrogen and oxygen atoms in total. The average molecular weight is 437 g/mol. The van der Waals surface area contributed by atoms with E-state index in [-0.39, 0.29) is 29.9 Å². The molecule has 2 aromatic heterocycles. The molecule has 3 aromatic rings. The molecule has 4 rings (SSSR count). The van der Waals surface area contributed by atoms with E-state index in [0.717, 1.165) is 23.1 Å². The quantitative estimate of drug-likeness (QED) is 0.650. The SMILES string of the molecule is Cn1c(NC2CCC(O)C2)nc2c1c(=O)n(Cc1ccc(C(F)(F)F)cc1)c(=O)n2C. The van der Waals surface area contributed by atoms with Crippen molar-refractivity contribution in [2.45, 2.75) is 44.1 Å². The van der Waals surface area contributed by atoms with Gasteiger partial charge in [-0.1, -0.05) is 12.1 Å². The van der Waals surface area contributed by atoms with Gasteiger partial charge in [0.15, 0.2) is 11.2 Å². The highest BCUT2D eigenvalue weighted by molar-refractivity contribution is 5.74. The van der Waals surface area contributed by atoms with Crippen LogP contribution in [-0.2, 0) is 26.8 Å². The number of hydrogen-bond acceptors (Lipinski definition) is 5. The summed E-state index contributed by atoms with van der Waals surface area (Å²) in [5.74, 6) is 0.411. The van der Waals surface area contributed by atoms with Crippen molar-refractivity contribution in [3.63, 3.8) is 0 Å². The molecule has 2 heterocycles. The van der Waals surface area contributed by atoms with Gasteiger partial charge in [0, 0.05) is 20.1 Å². The van der Waals surface area contributed by atoms with Gasteiger partial charge >= 0.3 is 11.9 Å². The summed E-state index contributed by atoms with van der Waals surface area (Å²) in [6.07, 6.45) is -2.82. The maximum Gasteiger partial charge on any atom is 0.416 e. The number of aryl methyl sites for hydroxylation is 2. The lowest BCUT2D eigenvalue weighted by Gasteiger charge is -2.12. The van der Waals surface area contributed by atoms with Gasteiger partial charge in [-0.25, -0.2) is 4.79 Å². The van der Waals surface area contributed by atoms with Gasteiger partial charge in [0.25, 0.3) is 5.56 Å². The van der Waals surface area contributed by atoms with Crippen LogP contribution >= 0.6 is 0 Å². The van der Waals surface area contributed by atoms with Crippen LogP contribution in [0.3, 0.4) is 0 Å². The van der Waals surface area contributed by atoms with E-state index in [0.29, 0.717) is 24.4 Å². The Morgan fingerprint density at radius 2 is 1.81 bits per heavy atom. The van der Waals surface area contributed by atoms with Gasteiger partial charge in [-0.3, -0.25) is 13.9 Å². The van der Waals surface area contributed by atoms with Gasteiger partial charge in [0.1, 0.15) is 0 Å². The summed E-state index contributed by atoms with van der Waals surface area (Å²) < 4.78 is 42.1. The topological polar surface area (TPSA) is 94.1 Å². The van der Waals surface area contributed by atoms with Crippen molar-refractivity contribution < 1.29 is 18.3 Å². The highest BCUT2D eigenvalue weighted by Gasteiger charge is 2.30. The van der Waals surface area contributed by atoms with Crippen molar-refractivity contribution >= 4 is 17.1 Å². The highest BCUT2D eigenvalue weighted by Crippen LogP contribution is 2.29. The molecular formula is C20H22F3N5O3. The highest BCUT2D eigenvalue weighted by atomic mass is 19.4. The number of halogens is 3. The maximum atomic E-state index is 13.1. The van der Waals surface area contributed by atoms with Crippen molar-refractivity contribution in [2.24, 2.45) is 14.1 Å². The summed E-state index contributed by atoms with van der Waals surface area (Å²) in [4.78, 5) is 30.3. The van der Waals surface area contributed by atoms with Crippen molar-refractivity contribution in [3.05, 3.63) is 56.2 Å². The lowest BCUT2D eigenvalue weighted by molar-refractivity contribution is -0.137. The molecule has 166 valence electrons. The standard InChI is InChI=1S/C20H22F3N5O3/c1-26-15-16(25-18(26)24-13-7-8-14(29)9-13)27(2)19(31)28(17(15)30)10-11-3-5-12(6-4-11)20(21,22)23/h3-6,13-14,29H,7-10H2,1-2H3,(H,24,25). The molecule has 1 aromatic carbocycles. The molecule has 1 aliphatic carbocycles. The summed E-state index contributed by atoms with van der Waals surface area (Å²) in [6.45, 7) is -0.164. The molecule has 0 radical (unpaired) electrons. The zero-order valence-electron chi connectivity index (χ0n) is 17.0. The van der Waals surface area contributed by atoms with Crippen LogP contribution in [0.2, 0.25) is 0 Å². The van der Waals surface area contributed by atoms with E-state index >= 15 is 0 Å². The summed E-state index contributed by atoms with van der Waals surface area (Å²) in [7, 11) is 3.14. The van der Waals surface area contributed by atoms with E-state index in [1.807, 2.05) is 0 Å². The zero-order valence-corrected chi connectivity index (χ0v) is 17.0. The van der Waals surface area contributed by atoms with Crippen molar-refractivity contribution in [3.8, 4) is 0 Å². The number of aliphatic hydroxyl groups excluding tert-OH is 1. The largest absolute Gasteiger partial charge is 0.416 e. The third kappa shape index (κ3) is 3.85. The van der Waals surface area contributed by atoms with Gasteiger partial charge in [-0.15, -0.1) is 0 Å². The van der Waals surface area contributed by atoms with Crippen LogP contribution in [0, 0.1) is 0 Å². The number of rotatable bonds is 4. The number of aromatic nitrogens is 4. The van der Waals surface area contributed by atoms with Crippen LogP contribution in [0.5, 0.6) is 0 Å². The Balaban J connectivity index is 1.72. The fourth-order valence-corrected chi connectivity index (χ4v) is 3.97. The molecule has 1 fully saturated rings. The number of nitrogens with one attached hydrogen (secondary N) is 1. The Bertz CT molecular complexity index is 1240. The minimum atomic E-state index is -4.46. The fraction of sp³-hybridized carbons (Fsp3) is 0.450. The molecule has 2 N–H and O–H groups in total. The smallest absolute Gasteiger partial charge is 0.393 e. The molecule has 2 atom stereocenters. The number of aliphatic hydroxyl groups is 1. The molecule has 2 unspecified atom stereocenters. The van der Waals surface area contributed by atoms with Crippen molar-refractivity contribution in [1.29, 1.82) is 0 Å². The third-order valence-electron chi connectivity index (χ3n) is 5.72. The van der Waals surface area contributed by atoms with E-state index in [1.165, 1.54) is 23.7 Å². The zero-order chi connectivity index (χ0) is 22.5. The first-order valence-corrected chi connectivity index (χ1v) is 9.83. The van der Waals surface area contributed by atoms with Crippen LogP contribution in [-0.4, -0.2) is 35.9 Å². The summed E-state index contributed by atoms with van der Waals surface area (Å²) >= 11 is 0. The number of alkyl halides is 3. The lowest BCUT2D eigenvalue weighted by Crippen LogP contribution is -2.39. The molecule has 1 aliphatic rings. The summed E-state index contributed by atoms with van der Waals surface area (Å²) in [6, 6.07) is 4.36. The van der Waals surface area contributed by atoms with Crippen LogP contribution < -0.4 is 16.6 Å². The molecule has 0 amide bonds. The molecule has 0 spiro atoms. The monoisotopic (exact) mass is 437 g/mol. The molecule has 0 saturated heterocycles. The molecule has 1 saturated carbocycles. The number of benzene rings is 1. The van der Waals surface area contributed by atoms with Gasteiger partial charge in [-0.2, -0.15) is 18.2 Å². The Labute approximate surface area is 174 Å². The second-order valence-corrected chi connectivity index (χ2v) is 7.90. The van der Waals surface area contributed by atoms with Crippen LogP contribution in [0.4, 0.5) is 19.1 Å². The molecule has 0 bridgehead atoms. The Morgan fingerprint density at radius 1 is 1.13 bits per heavy atom. The minimum Gasteiger partial charge on any atom is -0.393 e. The van der Waals surface area contributed by atoms with E-state index < -0.39 is 23.0 Å². The minimum absolute atomic E-state index is 0.0110. The van der Waals surface area contributed by atoms with Crippen LogP contribution in [0.1, 0.15) is 30.4 Å². The van der Waals surface area contributed by atoms with Crippen molar-refractivity contribution in [2.75, 3.05) is 5.32 Å². The molecule has 11 heteroatoms. The van der Waals surface area contributed by atoms with E-state index in [4.69, 9.17) is 0 Å². The Morgan fingerprint density at radius 3 is 2.39 bits per heavy atom. The van der Waals surface area contributed by atoms with Crippen molar-refractivity contribution in [1.82, 2.24) is 18.7 Å². The Kier molecular flexibility index (Phi) is 5.16. The van der Waals surface area contributed by atoms with Crippen LogP contribution in [0.25, 0.3) is 11.2 Å². The van der Waals surface area contributed by atoms with E-state index in [2.05, 4.69) is 10.3 Å². The first-order valence-electron chi connectivity index (χ1n) is 9.83. The predicted molar refractivity (Wildman–Crippen MR) is 108 cm³/mol. The van der Waals surface area contributed by atoms with E-state index in [1.54, 1.807) is 11.6 Å². The Hall–Kier alpha value is -3.08. The summed E-state index contributed by atoms with van der Waals surface area (Å²) in [5.41, 5.74) is -1.18. The first-order chi connectivity index (χ1) is 14.6.